The number of carbonyl (C=O) groups is 1. The molecule has 0 bridgehead atoms. The van der Waals surface area contributed by atoms with Gasteiger partial charge in [0.15, 0.2) is 22.4 Å². The summed E-state index contributed by atoms with van der Waals surface area (Å²) in [7, 11) is 0. The van der Waals surface area contributed by atoms with Gasteiger partial charge in [-0.2, -0.15) is 11.8 Å². The maximum atomic E-state index is 14.9. The van der Waals surface area contributed by atoms with Gasteiger partial charge in [-0.1, -0.05) is 0 Å². The summed E-state index contributed by atoms with van der Waals surface area (Å²) in [6.07, 6.45) is 2.99. The summed E-state index contributed by atoms with van der Waals surface area (Å²) in [6, 6.07) is 1.16. The molecule has 0 atom stereocenters. The Kier molecular flexibility index (Phi) is 5.31. The third-order valence-electron chi connectivity index (χ3n) is 4.34. The van der Waals surface area contributed by atoms with Gasteiger partial charge in [0.25, 0.3) is 0 Å². The minimum Gasteiger partial charge on any atom is -0.462 e. The summed E-state index contributed by atoms with van der Waals surface area (Å²) < 4.78 is 21.4. The van der Waals surface area contributed by atoms with Gasteiger partial charge in [0, 0.05) is 42.4 Å². The van der Waals surface area contributed by atoms with Crippen LogP contribution in [0.3, 0.4) is 0 Å². The summed E-state index contributed by atoms with van der Waals surface area (Å²) in [5.41, 5.74) is -0.510. The van der Waals surface area contributed by atoms with Crippen LogP contribution < -0.4 is 10.3 Å². The highest BCUT2D eigenvalue weighted by Crippen LogP contribution is 2.26. The fraction of sp³-hybridized carbons (Fsp3) is 0.333. The first kappa shape index (κ1) is 18.9. The number of carbonyl (C=O) groups excluding carboxylic acids is 1. The van der Waals surface area contributed by atoms with Crippen molar-refractivity contribution in [1.82, 2.24) is 14.5 Å². The van der Waals surface area contributed by atoms with Crippen LogP contribution in [0.5, 0.6) is 0 Å². The van der Waals surface area contributed by atoms with E-state index in [1.54, 1.807) is 23.1 Å². The van der Waals surface area contributed by atoms with Gasteiger partial charge in [0.1, 0.15) is 5.56 Å². The second-order valence-corrected chi connectivity index (χ2v) is 8.14. The first-order valence-corrected chi connectivity index (χ1v) is 10.8. The average Bonchev–Trinajstić information content (AvgIpc) is 3.23. The number of halogens is 1. The number of pyridine rings is 2. The minimum atomic E-state index is -0.753. The number of anilines is 1. The largest absolute Gasteiger partial charge is 0.462 e. The van der Waals surface area contributed by atoms with E-state index in [4.69, 9.17) is 4.74 Å². The lowest BCUT2D eigenvalue weighted by Gasteiger charge is -2.28. The fourth-order valence-electron chi connectivity index (χ4n) is 3.05. The molecule has 0 spiro atoms. The van der Waals surface area contributed by atoms with E-state index in [0.717, 1.165) is 17.6 Å². The Labute approximate surface area is 168 Å². The number of rotatable bonds is 4. The van der Waals surface area contributed by atoms with Crippen LogP contribution in [0.1, 0.15) is 17.3 Å². The number of fused-ring (bicyclic) bond motifs is 1. The molecule has 28 heavy (non-hydrogen) atoms. The van der Waals surface area contributed by atoms with Crippen molar-refractivity contribution in [2.45, 2.75) is 6.92 Å². The van der Waals surface area contributed by atoms with Crippen molar-refractivity contribution >= 4 is 45.9 Å². The molecule has 0 aliphatic carbocycles. The van der Waals surface area contributed by atoms with E-state index < -0.39 is 17.2 Å². The first-order chi connectivity index (χ1) is 13.6. The lowest BCUT2D eigenvalue weighted by Crippen LogP contribution is -2.34. The zero-order chi connectivity index (χ0) is 19.7. The van der Waals surface area contributed by atoms with Crippen molar-refractivity contribution in [3.8, 4) is 5.13 Å². The summed E-state index contributed by atoms with van der Waals surface area (Å²) >= 11 is 3.13. The Bertz CT molecular complexity index is 1080. The van der Waals surface area contributed by atoms with E-state index in [-0.39, 0.29) is 29.0 Å². The van der Waals surface area contributed by atoms with Gasteiger partial charge in [-0.05, 0) is 13.0 Å². The zero-order valence-corrected chi connectivity index (χ0v) is 16.7. The van der Waals surface area contributed by atoms with Crippen LogP contribution in [-0.4, -0.2) is 51.7 Å². The molecule has 4 rings (SSSR count). The molecule has 0 amide bonds. The van der Waals surface area contributed by atoms with Crippen LogP contribution in [0.4, 0.5) is 10.2 Å². The minimum absolute atomic E-state index is 0.0217. The molecular weight excluding hydrogens is 403 g/mol. The van der Waals surface area contributed by atoms with Crippen molar-refractivity contribution in [3.05, 3.63) is 45.4 Å². The Balaban J connectivity index is 1.97. The van der Waals surface area contributed by atoms with E-state index in [9.17, 15) is 14.0 Å². The second-order valence-electron chi connectivity index (χ2n) is 6.04. The number of thioether (sulfide) groups is 1. The number of thiazole rings is 1. The van der Waals surface area contributed by atoms with Gasteiger partial charge in [0.05, 0.1) is 12.0 Å². The van der Waals surface area contributed by atoms with Crippen LogP contribution >= 0.6 is 23.1 Å². The van der Waals surface area contributed by atoms with E-state index in [2.05, 4.69) is 9.97 Å². The lowest BCUT2D eigenvalue weighted by atomic mass is 10.2. The number of hydrogen-bond donors (Lipinski definition) is 0. The molecule has 0 unspecified atom stereocenters. The van der Waals surface area contributed by atoms with Gasteiger partial charge in [0.2, 0.25) is 5.43 Å². The summed E-state index contributed by atoms with van der Waals surface area (Å²) in [4.78, 5) is 35.7. The number of ether oxygens (including phenoxy) is 1. The van der Waals surface area contributed by atoms with E-state index >= 15 is 0 Å². The highest BCUT2D eigenvalue weighted by molar-refractivity contribution is 7.99. The maximum absolute atomic E-state index is 14.9. The van der Waals surface area contributed by atoms with Crippen molar-refractivity contribution in [2.75, 3.05) is 36.1 Å². The molecular formula is C18H17FN4O3S2. The Morgan fingerprint density at radius 3 is 2.82 bits per heavy atom. The molecule has 0 radical (unpaired) electrons. The molecule has 0 saturated carbocycles. The molecule has 3 aromatic heterocycles. The summed E-state index contributed by atoms with van der Waals surface area (Å²) in [6.45, 7) is 3.15. The predicted molar refractivity (Wildman–Crippen MR) is 108 cm³/mol. The smallest absolute Gasteiger partial charge is 0.343 e. The van der Waals surface area contributed by atoms with Gasteiger partial charge >= 0.3 is 5.97 Å². The SMILES string of the molecule is CCOC(=O)c1cn(-c2nccs2)c2nc(N3CCSCC3)c(F)cc2c1=O. The Morgan fingerprint density at radius 1 is 1.36 bits per heavy atom. The van der Waals surface area contributed by atoms with E-state index in [0.29, 0.717) is 18.2 Å². The highest BCUT2D eigenvalue weighted by atomic mass is 32.2. The third kappa shape index (κ3) is 3.37. The average molecular weight is 420 g/mol. The topological polar surface area (TPSA) is 77.3 Å². The maximum Gasteiger partial charge on any atom is 0.343 e. The first-order valence-electron chi connectivity index (χ1n) is 8.75. The standard InChI is InChI=1S/C18H17FN4O3S2/c1-2-26-17(25)12-10-23(18-20-3-6-28-18)15-11(14(12)24)9-13(19)16(21-15)22-4-7-27-8-5-22/h3,6,9-10H,2,4-5,7-8H2,1H3. The molecule has 1 aliphatic heterocycles. The van der Waals surface area contributed by atoms with Crippen LogP contribution in [0.15, 0.2) is 28.6 Å². The number of esters is 1. The monoisotopic (exact) mass is 420 g/mol. The third-order valence-corrected chi connectivity index (χ3v) is 6.06. The van der Waals surface area contributed by atoms with E-state index in [1.165, 1.54) is 17.5 Å². The van der Waals surface area contributed by atoms with Crippen LogP contribution in [0, 0.1) is 5.82 Å². The number of aromatic nitrogens is 3. The molecule has 0 aromatic carbocycles. The van der Waals surface area contributed by atoms with Crippen LogP contribution in [0.25, 0.3) is 16.2 Å². The lowest BCUT2D eigenvalue weighted by molar-refractivity contribution is 0.0524. The van der Waals surface area contributed by atoms with Gasteiger partial charge in [-0.3, -0.25) is 9.36 Å². The molecule has 7 nitrogen and oxygen atoms in total. The number of hydrogen-bond acceptors (Lipinski definition) is 8. The zero-order valence-electron chi connectivity index (χ0n) is 15.1. The van der Waals surface area contributed by atoms with Crippen LogP contribution in [-0.2, 0) is 4.74 Å². The predicted octanol–water partition coefficient (Wildman–Crippen LogP) is 2.71. The van der Waals surface area contributed by atoms with Crippen LogP contribution in [0.2, 0.25) is 0 Å². The normalized spacial score (nSPS) is 14.4. The molecule has 1 aliphatic rings. The molecule has 146 valence electrons. The molecule has 4 heterocycles. The molecule has 10 heteroatoms. The fourth-order valence-corrected chi connectivity index (χ4v) is 4.57. The Morgan fingerprint density at radius 2 is 2.14 bits per heavy atom. The summed E-state index contributed by atoms with van der Waals surface area (Å²) in [5.74, 6) is 0.655. The second kappa shape index (κ2) is 7.88. The number of nitrogens with zero attached hydrogens (tertiary/aromatic N) is 4. The van der Waals surface area contributed by atoms with Gasteiger partial charge in [-0.15, -0.1) is 11.3 Å². The quantitative estimate of drug-likeness (QED) is 0.601. The van der Waals surface area contributed by atoms with Crippen molar-refractivity contribution in [2.24, 2.45) is 0 Å². The molecule has 3 aromatic rings. The highest BCUT2D eigenvalue weighted by Gasteiger charge is 2.23. The van der Waals surface area contributed by atoms with Crippen molar-refractivity contribution in [3.63, 3.8) is 0 Å². The molecule has 1 fully saturated rings. The Hall–Kier alpha value is -2.46. The molecule has 1 saturated heterocycles. The molecule has 0 N–H and O–H groups in total. The summed E-state index contributed by atoms with van der Waals surface area (Å²) in [5, 5.41) is 2.32. The van der Waals surface area contributed by atoms with Crippen molar-refractivity contribution < 1.29 is 13.9 Å². The van der Waals surface area contributed by atoms with Gasteiger partial charge < -0.3 is 9.64 Å². The van der Waals surface area contributed by atoms with E-state index in [1.807, 2.05) is 16.7 Å². The van der Waals surface area contributed by atoms with Crippen molar-refractivity contribution in [1.29, 1.82) is 0 Å². The van der Waals surface area contributed by atoms with Gasteiger partial charge in [-0.25, -0.2) is 19.2 Å².